The quantitative estimate of drug-likeness (QED) is 0.227. The fraction of sp³-hybridized carbons (Fsp3) is 0.115. The van der Waals surface area contributed by atoms with Crippen molar-refractivity contribution in [2.24, 2.45) is 5.10 Å². The minimum absolute atomic E-state index is 0.127. The first-order chi connectivity index (χ1) is 16.4. The van der Waals surface area contributed by atoms with E-state index in [9.17, 15) is 9.18 Å². The van der Waals surface area contributed by atoms with Crippen LogP contribution in [0.5, 0.6) is 11.5 Å². The molecule has 0 radical (unpaired) electrons. The van der Waals surface area contributed by atoms with Crippen LogP contribution in [-0.4, -0.2) is 19.2 Å². The molecule has 0 saturated carbocycles. The van der Waals surface area contributed by atoms with Crippen molar-refractivity contribution in [1.82, 2.24) is 5.43 Å². The summed E-state index contributed by atoms with van der Waals surface area (Å²) in [5, 5.41) is 12.7. The van der Waals surface area contributed by atoms with Gasteiger partial charge in [-0.3, -0.25) is 4.79 Å². The molecule has 6 nitrogen and oxygen atoms in total. The smallest absolute Gasteiger partial charge is 0.274 e. The van der Waals surface area contributed by atoms with Crippen molar-refractivity contribution in [3.8, 4) is 17.6 Å². The summed E-state index contributed by atoms with van der Waals surface area (Å²) >= 11 is 3.42. The van der Waals surface area contributed by atoms with Crippen molar-refractivity contribution in [2.45, 2.75) is 13.0 Å². The number of nitrogens with zero attached hydrogens (tertiary/aromatic N) is 2. The molecule has 3 aromatic carbocycles. The molecular formula is C26H21BrFN3O3. The SMILES string of the molecule is C=CCc1cc(C=NNC(=O)c2ccc(C#N)cc2F)cc(OC)c1OCc1ccc(Br)cc1. The topological polar surface area (TPSA) is 83.7 Å². The summed E-state index contributed by atoms with van der Waals surface area (Å²) in [6.45, 7) is 4.16. The predicted molar refractivity (Wildman–Crippen MR) is 132 cm³/mol. The Hall–Kier alpha value is -3.96. The van der Waals surface area contributed by atoms with Crippen LogP contribution in [0.25, 0.3) is 0 Å². The molecule has 1 N–H and O–H groups in total. The summed E-state index contributed by atoms with van der Waals surface area (Å²) in [6.07, 6.45) is 3.70. The Labute approximate surface area is 205 Å². The van der Waals surface area contributed by atoms with Gasteiger partial charge in [0, 0.05) is 10.0 Å². The van der Waals surface area contributed by atoms with Gasteiger partial charge in [-0.05, 0) is 60.0 Å². The van der Waals surface area contributed by atoms with E-state index in [0.29, 0.717) is 30.1 Å². The van der Waals surface area contributed by atoms with E-state index < -0.39 is 11.7 Å². The zero-order valence-electron chi connectivity index (χ0n) is 18.3. The number of benzene rings is 3. The second-order valence-corrected chi connectivity index (χ2v) is 8.04. The van der Waals surface area contributed by atoms with Gasteiger partial charge in [0.2, 0.25) is 0 Å². The molecule has 172 valence electrons. The second kappa shape index (κ2) is 11.8. The van der Waals surface area contributed by atoms with Gasteiger partial charge in [0.1, 0.15) is 12.4 Å². The zero-order valence-corrected chi connectivity index (χ0v) is 19.9. The van der Waals surface area contributed by atoms with Crippen LogP contribution in [0.2, 0.25) is 0 Å². The molecule has 0 bridgehead atoms. The average Bonchev–Trinajstić information content (AvgIpc) is 2.84. The number of hydrogen-bond donors (Lipinski definition) is 1. The summed E-state index contributed by atoms with van der Waals surface area (Å²) in [5.41, 5.74) is 4.68. The fourth-order valence-electron chi connectivity index (χ4n) is 3.11. The third-order valence-corrected chi connectivity index (χ3v) is 5.29. The molecule has 0 saturated heterocycles. The van der Waals surface area contributed by atoms with E-state index in [1.807, 2.05) is 36.4 Å². The zero-order chi connectivity index (χ0) is 24.5. The van der Waals surface area contributed by atoms with Gasteiger partial charge in [0.15, 0.2) is 11.5 Å². The van der Waals surface area contributed by atoms with E-state index in [2.05, 4.69) is 33.0 Å². The lowest BCUT2D eigenvalue weighted by Gasteiger charge is -2.16. The highest BCUT2D eigenvalue weighted by Gasteiger charge is 2.14. The highest BCUT2D eigenvalue weighted by atomic mass is 79.9. The lowest BCUT2D eigenvalue weighted by molar-refractivity contribution is 0.0951. The number of amides is 1. The standard InChI is InChI=1S/C26H21BrFN3O3/c1-3-4-20-11-19(15-30-31-26(32)22-10-7-18(14-29)12-23(22)28)13-24(33-2)25(20)34-16-17-5-8-21(27)9-6-17/h3,5-13,15H,1,4,16H2,2H3,(H,31,32). The normalized spacial score (nSPS) is 10.5. The summed E-state index contributed by atoms with van der Waals surface area (Å²) in [5.74, 6) is -0.437. The van der Waals surface area contributed by atoms with Gasteiger partial charge in [-0.15, -0.1) is 6.58 Å². The molecule has 34 heavy (non-hydrogen) atoms. The molecular weight excluding hydrogens is 501 g/mol. The molecule has 0 aliphatic heterocycles. The maximum atomic E-state index is 14.0. The van der Waals surface area contributed by atoms with E-state index in [0.717, 1.165) is 21.7 Å². The number of allylic oxidation sites excluding steroid dienone is 1. The number of carbonyl (C=O) groups excluding carboxylic acids is 1. The monoisotopic (exact) mass is 521 g/mol. The van der Waals surface area contributed by atoms with Crippen LogP contribution in [0.3, 0.4) is 0 Å². The Balaban J connectivity index is 1.77. The van der Waals surface area contributed by atoms with Crippen LogP contribution >= 0.6 is 15.9 Å². The van der Waals surface area contributed by atoms with Crippen LogP contribution in [0.4, 0.5) is 4.39 Å². The fourth-order valence-corrected chi connectivity index (χ4v) is 3.38. The Bertz CT molecular complexity index is 1270. The average molecular weight is 522 g/mol. The molecule has 1 amide bonds. The van der Waals surface area contributed by atoms with E-state index in [-0.39, 0.29) is 11.1 Å². The van der Waals surface area contributed by atoms with Crippen molar-refractivity contribution < 1.29 is 18.7 Å². The number of rotatable bonds is 9. The molecule has 8 heteroatoms. The number of nitrogens with one attached hydrogen (secondary N) is 1. The highest BCUT2D eigenvalue weighted by molar-refractivity contribution is 9.10. The number of carbonyl (C=O) groups is 1. The molecule has 0 fully saturated rings. The lowest BCUT2D eigenvalue weighted by atomic mass is 10.1. The Kier molecular flexibility index (Phi) is 8.54. The Morgan fingerprint density at radius 3 is 2.65 bits per heavy atom. The molecule has 0 atom stereocenters. The van der Waals surface area contributed by atoms with Gasteiger partial charge >= 0.3 is 0 Å². The Morgan fingerprint density at radius 2 is 2.00 bits per heavy atom. The van der Waals surface area contributed by atoms with Crippen LogP contribution < -0.4 is 14.9 Å². The van der Waals surface area contributed by atoms with Crippen molar-refractivity contribution in [3.63, 3.8) is 0 Å². The maximum Gasteiger partial charge on any atom is 0.274 e. The first kappa shape index (κ1) is 24.7. The lowest BCUT2D eigenvalue weighted by Crippen LogP contribution is -2.19. The summed E-state index contributed by atoms with van der Waals surface area (Å²) < 4.78 is 26.6. The van der Waals surface area contributed by atoms with Crippen molar-refractivity contribution in [3.05, 3.63) is 105 Å². The van der Waals surface area contributed by atoms with E-state index in [4.69, 9.17) is 14.7 Å². The number of hydrazone groups is 1. The summed E-state index contributed by atoms with van der Waals surface area (Å²) in [6, 6.07) is 16.8. The highest BCUT2D eigenvalue weighted by Crippen LogP contribution is 2.34. The third-order valence-electron chi connectivity index (χ3n) is 4.76. The van der Waals surface area contributed by atoms with Gasteiger partial charge in [-0.2, -0.15) is 10.4 Å². The number of ether oxygens (including phenoxy) is 2. The van der Waals surface area contributed by atoms with Gasteiger partial charge in [-0.25, -0.2) is 9.82 Å². The molecule has 0 spiro atoms. The molecule has 0 unspecified atom stereocenters. The van der Waals surface area contributed by atoms with Crippen molar-refractivity contribution >= 4 is 28.1 Å². The number of hydrogen-bond acceptors (Lipinski definition) is 5. The number of halogens is 2. The number of methoxy groups -OCH3 is 1. The summed E-state index contributed by atoms with van der Waals surface area (Å²) in [4.78, 5) is 12.2. The van der Waals surface area contributed by atoms with E-state index >= 15 is 0 Å². The van der Waals surface area contributed by atoms with E-state index in [1.165, 1.54) is 25.5 Å². The molecule has 0 heterocycles. The van der Waals surface area contributed by atoms with Crippen LogP contribution in [-0.2, 0) is 13.0 Å². The minimum Gasteiger partial charge on any atom is -0.493 e. The van der Waals surface area contributed by atoms with Gasteiger partial charge in [-0.1, -0.05) is 34.1 Å². The second-order valence-electron chi connectivity index (χ2n) is 7.12. The Morgan fingerprint density at radius 1 is 1.24 bits per heavy atom. The van der Waals surface area contributed by atoms with Gasteiger partial charge in [0.25, 0.3) is 5.91 Å². The third kappa shape index (κ3) is 6.30. The first-order valence-electron chi connectivity index (χ1n) is 10.2. The van der Waals surface area contributed by atoms with Crippen LogP contribution in [0.15, 0.2) is 76.8 Å². The first-order valence-corrected chi connectivity index (χ1v) is 11.0. The van der Waals surface area contributed by atoms with Crippen LogP contribution in [0, 0.1) is 17.1 Å². The maximum absolute atomic E-state index is 14.0. The molecule has 3 rings (SSSR count). The number of nitriles is 1. The minimum atomic E-state index is -0.797. The van der Waals surface area contributed by atoms with Gasteiger partial charge in [0.05, 0.1) is 30.5 Å². The van der Waals surface area contributed by atoms with Crippen molar-refractivity contribution in [1.29, 1.82) is 5.26 Å². The molecule has 0 aliphatic rings. The van der Waals surface area contributed by atoms with Crippen LogP contribution in [0.1, 0.15) is 32.6 Å². The van der Waals surface area contributed by atoms with Crippen molar-refractivity contribution in [2.75, 3.05) is 7.11 Å². The van der Waals surface area contributed by atoms with E-state index in [1.54, 1.807) is 12.1 Å². The summed E-state index contributed by atoms with van der Waals surface area (Å²) in [7, 11) is 1.54. The van der Waals surface area contributed by atoms with Gasteiger partial charge < -0.3 is 9.47 Å². The molecule has 0 aliphatic carbocycles. The molecule has 3 aromatic rings. The predicted octanol–water partition coefficient (Wildman–Crippen LogP) is 5.54. The molecule has 0 aromatic heterocycles. The largest absolute Gasteiger partial charge is 0.493 e.